The van der Waals surface area contributed by atoms with Gasteiger partial charge < -0.3 is 31.3 Å². The summed E-state index contributed by atoms with van der Waals surface area (Å²) < 4.78 is 0. The molecule has 4 fully saturated rings. The highest BCUT2D eigenvalue weighted by Crippen LogP contribution is 2.72. The van der Waals surface area contributed by atoms with E-state index in [1.165, 1.54) is 38.5 Å². The molecule has 6 heteroatoms. The third-order valence-electron chi connectivity index (χ3n) is 14.5. The normalized spacial score (nSPS) is 41.3. The van der Waals surface area contributed by atoms with Gasteiger partial charge in [-0.15, -0.1) is 0 Å². The zero-order valence-corrected chi connectivity index (χ0v) is 29.2. The fraction of sp³-hybridized carbons (Fsp3) is 1.00. The minimum absolute atomic E-state index is 0.146. The second-order valence-corrected chi connectivity index (χ2v) is 17.4. The Bertz CT molecular complexity index is 902. The van der Waals surface area contributed by atoms with Crippen molar-refractivity contribution in [2.45, 2.75) is 179 Å². The summed E-state index contributed by atoms with van der Waals surface area (Å²) >= 11 is 0. The van der Waals surface area contributed by atoms with E-state index in [-0.39, 0.29) is 25.0 Å². The van der Waals surface area contributed by atoms with Gasteiger partial charge in [0, 0.05) is 30.6 Å². The van der Waals surface area contributed by atoms with Crippen molar-refractivity contribution in [2.75, 3.05) is 13.2 Å². The van der Waals surface area contributed by atoms with E-state index < -0.39 is 28.3 Å². The SMILES string of the molecule is CC(C)CCC[C@@H](C)[C@H]1CC[C@H]2[C@@H]3C[C@](O)(C(N)(CCCCCO)CCCCCO)[C@@]4(O)C[C@@H](O)CC[C@]4(C)[C@H]3CC[C@]12C. The van der Waals surface area contributed by atoms with Crippen molar-refractivity contribution < 1.29 is 25.5 Å². The first-order valence-corrected chi connectivity index (χ1v) is 18.9. The van der Waals surface area contributed by atoms with Gasteiger partial charge in [0.25, 0.3) is 0 Å². The van der Waals surface area contributed by atoms with Crippen LogP contribution in [-0.2, 0) is 0 Å². The van der Waals surface area contributed by atoms with Crippen molar-refractivity contribution in [2.24, 2.45) is 52.1 Å². The molecule has 4 aliphatic carbocycles. The molecule has 10 atom stereocenters. The monoisotopic (exact) mass is 622 g/mol. The van der Waals surface area contributed by atoms with E-state index in [2.05, 4.69) is 34.6 Å². The number of aliphatic hydroxyl groups excluding tert-OH is 3. The first kappa shape index (κ1) is 36.6. The quantitative estimate of drug-likeness (QED) is 0.106. The molecule has 4 aliphatic rings. The van der Waals surface area contributed by atoms with Crippen molar-refractivity contribution >= 4 is 0 Å². The summed E-state index contributed by atoms with van der Waals surface area (Å²) in [7, 11) is 0. The molecule has 0 aliphatic heterocycles. The van der Waals surface area contributed by atoms with Crippen LogP contribution in [0.25, 0.3) is 0 Å². The van der Waals surface area contributed by atoms with Crippen molar-refractivity contribution in [1.29, 1.82) is 0 Å². The molecule has 0 aromatic rings. The van der Waals surface area contributed by atoms with Crippen LogP contribution in [0.2, 0.25) is 0 Å². The Morgan fingerprint density at radius 3 is 1.98 bits per heavy atom. The summed E-state index contributed by atoms with van der Waals surface area (Å²) in [4.78, 5) is 0. The molecular weight excluding hydrogens is 550 g/mol. The first-order valence-electron chi connectivity index (χ1n) is 18.9. The minimum atomic E-state index is -1.52. The van der Waals surface area contributed by atoms with Crippen molar-refractivity contribution in [1.82, 2.24) is 0 Å². The zero-order valence-electron chi connectivity index (χ0n) is 29.2. The topological polar surface area (TPSA) is 127 Å². The lowest BCUT2D eigenvalue weighted by molar-refractivity contribution is -0.325. The molecule has 44 heavy (non-hydrogen) atoms. The van der Waals surface area contributed by atoms with Gasteiger partial charge in [0.2, 0.25) is 0 Å². The number of hydrogen-bond acceptors (Lipinski definition) is 6. The Balaban J connectivity index is 1.70. The average molecular weight is 622 g/mol. The van der Waals surface area contributed by atoms with Gasteiger partial charge in [0.05, 0.1) is 6.10 Å². The summed E-state index contributed by atoms with van der Waals surface area (Å²) in [5.74, 6) is 3.31. The fourth-order valence-electron chi connectivity index (χ4n) is 12.0. The first-order chi connectivity index (χ1) is 20.7. The van der Waals surface area contributed by atoms with Crippen LogP contribution in [0.15, 0.2) is 0 Å². The molecule has 0 saturated heterocycles. The maximum atomic E-state index is 13.3. The van der Waals surface area contributed by atoms with E-state index in [4.69, 9.17) is 5.73 Å². The number of unbranched alkanes of at least 4 members (excludes halogenated alkanes) is 4. The molecule has 0 aromatic carbocycles. The van der Waals surface area contributed by atoms with Crippen LogP contribution in [0.1, 0.15) is 157 Å². The smallest absolute Gasteiger partial charge is 0.112 e. The number of aliphatic hydroxyl groups is 5. The molecule has 0 spiro atoms. The molecule has 0 radical (unpaired) electrons. The van der Waals surface area contributed by atoms with Gasteiger partial charge in [-0.3, -0.25) is 0 Å². The van der Waals surface area contributed by atoms with Crippen LogP contribution < -0.4 is 5.73 Å². The highest BCUT2D eigenvalue weighted by Gasteiger charge is 2.75. The molecule has 0 heterocycles. The molecule has 4 saturated carbocycles. The highest BCUT2D eigenvalue weighted by molar-refractivity contribution is 5.27. The van der Waals surface area contributed by atoms with Crippen LogP contribution in [0.3, 0.4) is 0 Å². The van der Waals surface area contributed by atoms with E-state index in [0.717, 1.165) is 44.4 Å². The van der Waals surface area contributed by atoms with Crippen LogP contribution in [0, 0.1) is 46.3 Å². The van der Waals surface area contributed by atoms with Gasteiger partial charge in [-0.05, 0) is 112 Å². The van der Waals surface area contributed by atoms with Crippen LogP contribution in [-0.4, -0.2) is 61.6 Å². The Morgan fingerprint density at radius 1 is 0.750 bits per heavy atom. The van der Waals surface area contributed by atoms with Crippen LogP contribution in [0.5, 0.6) is 0 Å². The number of hydrogen-bond donors (Lipinski definition) is 6. The van der Waals surface area contributed by atoms with E-state index in [0.29, 0.717) is 68.1 Å². The van der Waals surface area contributed by atoms with Crippen molar-refractivity contribution in [3.8, 4) is 0 Å². The second-order valence-electron chi connectivity index (χ2n) is 17.4. The summed E-state index contributed by atoms with van der Waals surface area (Å²) in [6, 6.07) is 0. The zero-order chi connectivity index (χ0) is 32.4. The summed E-state index contributed by atoms with van der Waals surface area (Å²) in [6.45, 7) is 12.2. The second kappa shape index (κ2) is 14.5. The van der Waals surface area contributed by atoms with Crippen LogP contribution in [0.4, 0.5) is 0 Å². The number of nitrogens with two attached hydrogens (primary N) is 1. The molecule has 7 N–H and O–H groups in total. The van der Waals surface area contributed by atoms with Gasteiger partial charge in [-0.1, -0.05) is 79.6 Å². The van der Waals surface area contributed by atoms with Crippen molar-refractivity contribution in [3.63, 3.8) is 0 Å². The van der Waals surface area contributed by atoms with E-state index in [9.17, 15) is 25.5 Å². The molecule has 4 rings (SSSR count). The van der Waals surface area contributed by atoms with Gasteiger partial charge >= 0.3 is 0 Å². The number of rotatable bonds is 16. The Labute approximate surface area is 270 Å². The average Bonchev–Trinajstić information content (AvgIpc) is 3.32. The largest absolute Gasteiger partial charge is 0.396 e. The van der Waals surface area contributed by atoms with Crippen LogP contribution >= 0.6 is 0 Å². The highest BCUT2D eigenvalue weighted by atomic mass is 16.4. The third kappa shape index (κ3) is 6.44. The lowest BCUT2D eigenvalue weighted by Crippen LogP contribution is -2.81. The van der Waals surface area contributed by atoms with Crippen molar-refractivity contribution in [3.05, 3.63) is 0 Å². The Kier molecular flexibility index (Phi) is 12.0. The molecule has 258 valence electrons. The van der Waals surface area contributed by atoms with Gasteiger partial charge in [-0.2, -0.15) is 0 Å². The molecule has 0 unspecified atom stereocenters. The maximum absolute atomic E-state index is 13.3. The maximum Gasteiger partial charge on any atom is 0.112 e. The Hall–Kier alpha value is -0.240. The molecule has 0 bridgehead atoms. The molecule has 0 amide bonds. The van der Waals surface area contributed by atoms with E-state index in [1.807, 2.05) is 0 Å². The Morgan fingerprint density at radius 2 is 1.39 bits per heavy atom. The van der Waals surface area contributed by atoms with E-state index in [1.54, 1.807) is 0 Å². The van der Waals surface area contributed by atoms with Gasteiger partial charge in [0.15, 0.2) is 0 Å². The predicted octanol–water partition coefficient (Wildman–Crippen LogP) is 6.73. The molecule has 0 aromatic heterocycles. The predicted molar refractivity (Wildman–Crippen MR) is 179 cm³/mol. The van der Waals surface area contributed by atoms with Gasteiger partial charge in [-0.25, -0.2) is 0 Å². The van der Waals surface area contributed by atoms with Gasteiger partial charge in [0.1, 0.15) is 11.2 Å². The standard InChI is InChI=1S/C38H71NO5/c1-27(2)13-12-14-28(3)31-15-16-32-30-26-38(44,36(39,19-8-6-10-23-40)20-9-7-11-24-41)37(43)25-29(42)17-22-35(37,5)33(30)18-21-34(31,32)4/h27-33,40-44H,6-26,39H2,1-5H3/t28-,29+,30+,31-,32+,33+,34-,35-,37-,38+/m1/s1. The summed E-state index contributed by atoms with van der Waals surface area (Å²) in [6.07, 6.45) is 16.0. The van der Waals surface area contributed by atoms with E-state index >= 15 is 0 Å². The molecule has 6 nitrogen and oxygen atoms in total. The fourth-order valence-corrected chi connectivity index (χ4v) is 12.0. The summed E-state index contributed by atoms with van der Waals surface area (Å²) in [5, 5.41) is 56.3. The minimum Gasteiger partial charge on any atom is -0.396 e. The number of fused-ring (bicyclic) bond motifs is 5. The third-order valence-corrected chi connectivity index (χ3v) is 14.5. The lowest BCUT2D eigenvalue weighted by atomic mass is 9.37. The lowest BCUT2D eigenvalue weighted by Gasteiger charge is -2.71. The molecular formula is C38H71NO5. The summed E-state index contributed by atoms with van der Waals surface area (Å²) in [5.41, 5.74) is 3.25.